The van der Waals surface area contributed by atoms with Crippen LogP contribution in [0.25, 0.3) is 0 Å². The topological polar surface area (TPSA) is 115 Å². The minimum Gasteiger partial charge on any atom is -0.474 e. The zero-order chi connectivity index (χ0) is 19.1. The van der Waals surface area contributed by atoms with Gasteiger partial charge in [0.05, 0.1) is 11.0 Å². The molecule has 1 aromatic rings. The highest BCUT2D eigenvalue weighted by Gasteiger charge is 2.21. The normalized spacial score (nSPS) is 17.2. The summed E-state index contributed by atoms with van der Waals surface area (Å²) in [7, 11) is 0. The van der Waals surface area contributed by atoms with Crippen LogP contribution in [-0.4, -0.2) is 41.3 Å². The van der Waals surface area contributed by atoms with E-state index in [0.29, 0.717) is 6.54 Å². The molecule has 1 amide bonds. The molecule has 1 fully saturated rings. The predicted molar refractivity (Wildman–Crippen MR) is 98.8 cm³/mol. The SMILES string of the molecule is Cc1ccc(O[C@H](C)C(=O)NNC(=S)NC[C@@H]2CCCO2)c([N+](=O)[O-])c1. The van der Waals surface area contributed by atoms with E-state index in [1.165, 1.54) is 19.1 Å². The highest BCUT2D eigenvalue weighted by molar-refractivity contribution is 7.80. The second-order valence-electron chi connectivity index (χ2n) is 5.95. The summed E-state index contributed by atoms with van der Waals surface area (Å²) in [5.41, 5.74) is 5.52. The molecule has 0 saturated carbocycles. The number of carbonyl (C=O) groups excluding carboxylic acids is 1. The molecular formula is C16H22N4O5S. The smallest absolute Gasteiger partial charge is 0.311 e. The molecule has 10 heteroatoms. The van der Waals surface area contributed by atoms with Crippen LogP contribution in [0, 0.1) is 17.0 Å². The number of thiocarbonyl (C=S) groups is 1. The predicted octanol–water partition coefficient (Wildman–Crippen LogP) is 1.34. The number of ether oxygens (including phenoxy) is 2. The number of hydrazine groups is 1. The zero-order valence-corrected chi connectivity index (χ0v) is 15.4. The molecule has 0 spiro atoms. The van der Waals surface area contributed by atoms with Gasteiger partial charge in [0, 0.05) is 19.2 Å². The quantitative estimate of drug-likeness (QED) is 0.384. The molecule has 0 unspecified atom stereocenters. The third-order valence-electron chi connectivity index (χ3n) is 3.80. The number of nitro benzene ring substituents is 1. The molecule has 0 aliphatic carbocycles. The van der Waals surface area contributed by atoms with Crippen molar-refractivity contribution in [2.75, 3.05) is 13.2 Å². The summed E-state index contributed by atoms with van der Waals surface area (Å²) in [6.07, 6.45) is 1.17. The molecule has 1 aromatic carbocycles. The second kappa shape index (κ2) is 9.30. The Hall–Kier alpha value is -2.46. The van der Waals surface area contributed by atoms with E-state index in [2.05, 4.69) is 16.2 Å². The fourth-order valence-corrected chi connectivity index (χ4v) is 2.52. The van der Waals surface area contributed by atoms with E-state index < -0.39 is 16.9 Å². The molecule has 0 aromatic heterocycles. The molecule has 9 nitrogen and oxygen atoms in total. The minimum atomic E-state index is -0.954. The number of rotatable bonds is 6. The highest BCUT2D eigenvalue weighted by Crippen LogP contribution is 2.28. The number of carbonyl (C=O) groups is 1. The van der Waals surface area contributed by atoms with Gasteiger partial charge in [0.2, 0.25) is 0 Å². The number of aryl methyl sites for hydroxylation is 1. The van der Waals surface area contributed by atoms with Crippen LogP contribution in [-0.2, 0) is 9.53 Å². The van der Waals surface area contributed by atoms with Gasteiger partial charge in [0.15, 0.2) is 17.0 Å². The maximum atomic E-state index is 12.1. The van der Waals surface area contributed by atoms with E-state index in [9.17, 15) is 14.9 Å². The fourth-order valence-electron chi connectivity index (χ4n) is 2.39. The van der Waals surface area contributed by atoms with Gasteiger partial charge in [-0.15, -0.1) is 0 Å². The first-order chi connectivity index (χ1) is 12.4. The first kappa shape index (κ1) is 19.9. The lowest BCUT2D eigenvalue weighted by atomic mass is 10.2. The van der Waals surface area contributed by atoms with Gasteiger partial charge >= 0.3 is 5.69 Å². The van der Waals surface area contributed by atoms with Crippen molar-refractivity contribution >= 4 is 28.9 Å². The van der Waals surface area contributed by atoms with Gasteiger partial charge in [-0.05, 0) is 50.5 Å². The third-order valence-corrected chi connectivity index (χ3v) is 4.04. The lowest BCUT2D eigenvalue weighted by molar-refractivity contribution is -0.386. The molecule has 2 atom stereocenters. The number of nitro groups is 1. The van der Waals surface area contributed by atoms with Crippen LogP contribution in [0.2, 0.25) is 0 Å². The minimum absolute atomic E-state index is 0.0299. The van der Waals surface area contributed by atoms with Crippen molar-refractivity contribution in [1.82, 2.24) is 16.2 Å². The average Bonchev–Trinajstić information content (AvgIpc) is 3.12. The van der Waals surface area contributed by atoms with Crippen LogP contribution >= 0.6 is 12.2 Å². The van der Waals surface area contributed by atoms with Gasteiger partial charge in [-0.3, -0.25) is 25.8 Å². The molecule has 26 heavy (non-hydrogen) atoms. The summed E-state index contributed by atoms with van der Waals surface area (Å²) >= 11 is 5.07. The van der Waals surface area contributed by atoms with Crippen molar-refractivity contribution in [3.63, 3.8) is 0 Å². The van der Waals surface area contributed by atoms with Crippen molar-refractivity contribution in [3.8, 4) is 5.75 Å². The monoisotopic (exact) mass is 382 g/mol. The lowest BCUT2D eigenvalue weighted by Crippen LogP contribution is -2.51. The number of amides is 1. The summed E-state index contributed by atoms with van der Waals surface area (Å²) in [6.45, 7) is 4.54. The molecule has 1 saturated heterocycles. The standard InChI is InChI=1S/C16H22N4O5S/c1-10-5-6-14(13(8-10)20(22)23)25-11(2)15(21)18-19-16(26)17-9-12-4-3-7-24-12/h5-6,8,11-12H,3-4,7,9H2,1-2H3,(H,18,21)(H2,17,19,26)/t11-,12+/m1/s1. The van der Waals surface area contributed by atoms with Crippen LogP contribution in [0.15, 0.2) is 18.2 Å². The molecule has 1 aliphatic rings. The Morgan fingerprint density at radius 1 is 1.50 bits per heavy atom. The Morgan fingerprint density at radius 3 is 2.92 bits per heavy atom. The number of nitrogens with zero attached hydrogens (tertiary/aromatic N) is 1. The Balaban J connectivity index is 1.80. The van der Waals surface area contributed by atoms with Gasteiger partial charge in [-0.25, -0.2) is 0 Å². The Labute approximate surface area is 156 Å². The first-order valence-electron chi connectivity index (χ1n) is 8.24. The van der Waals surface area contributed by atoms with Gasteiger partial charge in [-0.2, -0.15) is 0 Å². The van der Waals surface area contributed by atoms with E-state index in [1.54, 1.807) is 13.0 Å². The Kier molecular flexibility index (Phi) is 7.10. The van der Waals surface area contributed by atoms with Crippen LogP contribution in [0.5, 0.6) is 5.75 Å². The van der Waals surface area contributed by atoms with E-state index in [-0.39, 0.29) is 22.7 Å². The fraction of sp³-hybridized carbons (Fsp3) is 0.500. The molecule has 2 rings (SSSR count). The molecule has 1 heterocycles. The highest BCUT2D eigenvalue weighted by atomic mass is 32.1. The van der Waals surface area contributed by atoms with Crippen molar-refractivity contribution in [2.45, 2.75) is 38.9 Å². The largest absolute Gasteiger partial charge is 0.474 e. The molecule has 3 N–H and O–H groups in total. The Morgan fingerprint density at radius 2 is 2.27 bits per heavy atom. The molecule has 0 bridgehead atoms. The van der Waals surface area contributed by atoms with Crippen molar-refractivity contribution in [3.05, 3.63) is 33.9 Å². The summed E-state index contributed by atoms with van der Waals surface area (Å²) in [6, 6.07) is 4.54. The summed E-state index contributed by atoms with van der Waals surface area (Å²) in [4.78, 5) is 22.6. The summed E-state index contributed by atoms with van der Waals surface area (Å²) in [5, 5.41) is 14.3. The molecular weight excluding hydrogens is 360 g/mol. The van der Waals surface area contributed by atoms with Crippen LogP contribution in [0.1, 0.15) is 25.3 Å². The van der Waals surface area contributed by atoms with E-state index in [0.717, 1.165) is 25.0 Å². The maximum Gasteiger partial charge on any atom is 0.311 e. The lowest BCUT2D eigenvalue weighted by Gasteiger charge is -2.17. The third kappa shape index (κ3) is 5.81. The van der Waals surface area contributed by atoms with Crippen LogP contribution < -0.4 is 20.9 Å². The van der Waals surface area contributed by atoms with E-state index in [1.807, 2.05) is 0 Å². The number of benzene rings is 1. The summed E-state index contributed by atoms with van der Waals surface area (Å²) < 4.78 is 10.9. The van der Waals surface area contributed by atoms with Gasteiger partial charge in [-0.1, -0.05) is 6.07 Å². The van der Waals surface area contributed by atoms with Gasteiger partial charge in [0.25, 0.3) is 5.91 Å². The number of nitrogens with one attached hydrogen (secondary N) is 3. The van der Waals surface area contributed by atoms with Crippen molar-refractivity contribution in [1.29, 1.82) is 0 Å². The first-order valence-corrected chi connectivity index (χ1v) is 8.64. The van der Waals surface area contributed by atoms with E-state index >= 15 is 0 Å². The van der Waals surface area contributed by atoms with Crippen molar-refractivity contribution in [2.24, 2.45) is 0 Å². The van der Waals surface area contributed by atoms with Gasteiger partial charge in [0.1, 0.15) is 0 Å². The summed E-state index contributed by atoms with van der Waals surface area (Å²) in [5.74, 6) is -0.483. The number of hydrogen-bond donors (Lipinski definition) is 3. The molecule has 1 aliphatic heterocycles. The number of hydrogen-bond acceptors (Lipinski definition) is 6. The average molecular weight is 382 g/mol. The van der Waals surface area contributed by atoms with Crippen LogP contribution in [0.4, 0.5) is 5.69 Å². The zero-order valence-electron chi connectivity index (χ0n) is 14.6. The van der Waals surface area contributed by atoms with Gasteiger partial charge < -0.3 is 14.8 Å². The second-order valence-corrected chi connectivity index (χ2v) is 6.36. The Bertz CT molecular complexity index is 679. The molecule has 0 radical (unpaired) electrons. The maximum absolute atomic E-state index is 12.1. The molecule has 142 valence electrons. The van der Waals surface area contributed by atoms with Crippen LogP contribution in [0.3, 0.4) is 0 Å². The van der Waals surface area contributed by atoms with Crippen molar-refractivity contribution < 1.29 is 19.2 Å². The van der Waals surface area contributed by atoms with E-state index in [4.69, 9.17) is 21.7 Å².